The molecule has 2 aliphatic rings. The first-order valence-corrected chi connectivity index (χ1v) is 8.79. The standard InChI is InChI=1S/C21H25NO/c1-22-19-13-8-15-21(22,16-14-19)23-20(17-9-4-2-5-10-17)18-11-6-3-7-12-18/h2-7,9-12,19-20H,8,13-16H2,1H3. The number of hydrogen-bond acceptors (Lipinski definition) is 2. The van der Waals surface area contributed by atoms with Crippen LogP contribution >= 0.6 is 0 Å². The Bertz CT molecular complexity index is 598. The number of benzene rings is 2. The monoisotopic (exact) mass is 307 g/mol. The molecular weight excluding hydrogens is 282 g/mol. The largest absolute Gasteiger partial charge is 0.348 e. The maximum atomic E-state index is 6.88. The van der Waals surface area contributed by atoms with Crippen LogP contribution in [-0.2, 0) is 4.74 Å². The van der Waals surface area contributed by atoms with E-state index < -0.39 is 0 Å². The highest BCUT2D eigenvalue weighted by Gasteiger charge is 2.49. The second kappa shape index (κ2) is 6.10. The first-order valence-electron chi connectivity index (χ1n) is 8.79. The molecule has 2 saturated heterocycles. The molecule has 0 radical (unpaired) electrons. The van der Waals surface area contributed by atoms with Crippen LogP contribution in [0, 0.1) is 0 Å². The van der Waals surface area contributed by atoms with Crippen molar-refractivity contribution < 1.29 is 4.74 Å². The Hall–Kier alpha value is -1.64. The molecule has 0 amide bonds. The fourth-order valence-corrected chi connectivity index (χ4v) is 4.35. The lowest BCUT2D eigenvalue weighted by Crippen LogP contribution is -2.50. The molecule has 2 heteroatoms. The molecule has 2 heterocycles. The minimum absolute atomic E-state index is 0.0108. The zero-order valence-corrected chi connectivity index (χ0v) is 13.8. The van der Waals surface area contributed by atoms with E-state index in [1.54, 1.807) is 0 Å². The Morgan fingerprint density at radius 1 is 0.913 bits per heavy atom. The summed E-state index contributed by atoms with van der Waals surface area (Å²) in [5, 5.41) is 0. The number of fused-ring (bicyclic) bond motifs is 2. The third-order valence-electron chi connectivity index (χ3n) is 5.71. The van der Waals surface area contributed by atoms with E-state index in [0.717, 1.165) is 12.8 Å². The number of rotatable bonds is 4. The normalized spacial score (nSPS) is 27.5. The molecule has 120 valence electrons. The summed E-state index contributed by atoms with van der Waals surface area (Å²) in [6.45, 7) is 0. The van der Waals surface area contributed by atoms with Crippen molar-refractivity contribution in [3.8, 4) is 0 Å². The van der Waals surface area contributed by atoms with E-state index >= 15 is 0 Å². The Balaban J connectivity index is 1.69. The molecule has 2 atom stereocenters. The van der Waals surface area contributed by atoms with Crippen molar-refractivity contribution in [2.45, 2.75) is 50.0 Å². The molecule has 2 aromatic rings. The van der Waals surface area contributed by atoms with Crippen LogP contribution in [0.25, 0.3) is 0 Å². The SMILES string of the molecule is CN1C2CCCC1(OC(c1ccccc1)c1ccccc1)CC2. The maximum Gasteiger partial charge on any atom is 0.123 e. The molecule has 2 unspecified atom stereocenters. The molecule has 2 aromatic carbocycles. The second-order valence-electron chi connectivity index (χ2n) is 6.96. The predicted molar refractivity (Wildman–Crippen MR) is 93.2 cm³/mol. The van der Waals surface area contributed by atoms with Crippen LogP contribution in [0.15, 0.2) is 60.7 Å². The van der Waals surface area contributed by atoms with Crippen molar-refractivity contribution in [3.05, 3.63) is 71.8 Å². The molecule has 2 nitrogen and oxygen atoms in total. The van der Waals surface area contributed by atoms with Gasteiger partial charge in [0.2, 0.25) is 0 Å². The summed E-state index contributed by atoms with van der Waals surface area (Å²) in [4.78, 5) is 2.51. The summed E-state index contributed by atoms with van der Waals surface area (Å²) in [7, 11) is 2.25. The van der Waals surface area contributed by atoms with Gasteiger partial charge in [-0.15, -0.1) is 0 Å². The van der Waals surface area contributed by atoms with Gasteiger partial charge >= 0.3 is 0 Å². The summed E-state index contributed by atoms with van der Waals surface area (Å²) >= 11 is 0. The van der Waals surface area contributed by atoms with Gasteiger partial charge < -0.3 is 4.74 Å². The van der Waals surface area contributed by atoms with Crippen LogP contribution < -0.4 is 0 Å². The van der Waals surface area contributed by atoms with E-state index in [1.807, 2.05) is 0 Å². The number of piperidine rings is 1. The Kier molecular flexibility index (Phi) is 3.96. The molecule has 0 saturated carbocycles. The van der Waals surface area contributed by atoms with E-state index in [1.165, 1.54) is 30.4 Å². The molecule has 0 N–H and O–H groups in total. The van der Waals surface area contributed by atoms with E-state index in [-0.39, 0.29) is 11.8 Å². The van der Waals surface area contributed by atoms with Gasteiger partial charge in [-0.1, -0.05) is 60.7 Å². The molecule has 23 heavy (non-hydrogen) atoms. The minimum atomic E-state index is -0.0841. The van der Waals surface area contributed by atoms with Gasteiger partial charge in [-0.3, -0.25) is 4.90 Å². The zero-order valence-electron chi connectivity index (χ0n) is 13.8. The molecule has 0 aliphatic carbocycles. The Labute approximate surface area is 139 Å². The van der Waals surface area contributed by atoms with Gasteiger partial charge in [0.05, 0.1) is 0 Å². The highest BCUT2D eigenvalue weighted by molar-refractivity contribution is 5.30. The fraction of sp³-hybridized carbons (Fsp3) is 0.429. The Morgan fingerprint density at radius 2 is 1.52 bits per heavy atom. The number of ether oxygens (including phenoxy) is 1. The van der Waals surface area contributed by atoms with Gasteiger partial charge in [-0.2, -0.15) is 0 Å². The second-order valence-corrected chi connectivity index (χ2v) is 6.96. The zero-order chi connectivity index (χ0) is 15.7. The predicted octanol–water partition coefficient (Wildman–Crippen LogP) is 4.77. The first kappa shape index (κ1) is 14.9. The van der Waals surface area contributed by atoms with Crippen molar-refractivity contribution in [1.82, 2.24) is 4.90 Å². The van der Waals surface area contributed by atoms with Gasteiger partial charge in [0.25, 0.3) is 0 Å². The van der Waals surface area contributed by atoms with Crippen molar-refractivity contribution >= 4 is 0 Å². The summed E-state index contributed by atoms with van der Waals surface area (Å²) < 4.78 is 6.88. The van der Waals surface area contributed by atoms with Crippen LogP contribution in [0.3, 0.4) is 0 Å². The number of hydrogen-bond donors (Lipinski definition) is 0. The summed E-state index contributed by atoms with van der Waals surface area (Å²) in [6.07, 6.45) is 6.19. The van der Waals surface area contributed by atoms with Gasteiger partial charge in [0, 0.05) is 6.04 Å². The minimum Gasteiger partial charge on any atom is -0.348 e. The van der Waals surface area contributed by atoms with Gasteiger partial charge in [-0.25, -0.2) is 0 Å². The topological polar surface area (TPSA) is 12.5 Å². The van der Waals surface area contributed by atoms with Crippen molar-refractivity contribution in [2.24, 2.45) is 0 Å². The van der Waals surface area contributed by atoms with E-state index in [2.05, 4.69) is 72.6 Å². The average molecular weight is 307 g/mol. The lowest BCUT2D eigenvalue weighted by molar-refractivity contribution is -0.176. The highest BCUT2D eigenvalue weighted by atomic mass is 16.5. The van der Waals surface area contributed by atoms with E-state index in [9.17, 15) is 0 Å². The van der Waals surface area contributed by atoms with Gasteiger partial charge in [0.1, 0.15) is 11.8 Å². The molecule has 2 bridgehead atoms. The first-order chi connectivity index (χ1) is 11.3. The van der Waals surface area contributed by atoms with Crippen molar-refractivity contribution in [3.63, 3.8) is 0 Å². The molecule has 2 aliphatic heterocycles. The third-order valence-corrected chi connectivity index (χ3v) is 5.71. The van der Waals surface area contributed by atoms with E-state index in [0.29, 0.717) is 6.04 Å². The summed E-state index contributed by atoms with van der Waals surface area (Å²) in [5.74, 6) is 0. The average Bonchev–Trinajstić information content (AvgIpc) is 2.79. The lowest BCUT2D eigenvalue weighted by atomic mass is 9.97. The molecule has 0 spiro atoms. The lowest BCUT2D eigenvalue weighted by Gasteiger charge is -2.44. The highest BCUT2D eigenvalue weighted by Crippen LogP contribution is 2.47. The molecule has 0 aromatic heterocycles. The molecule has 2 fully saturated rings. The van der Waals surface area contributed by atoms with Crippen LogP contribution in [0.4, 0.5) is 0 Å². The third kappa shape index (κ3) is 2.71. The van der Waals surface area contributed by atoms with Crippen molar-refractivity contribution in [1.29, 1.82) is 0 Å². The Morgan fingerprint density at radius 3 is 2.13 bits per heavy atom. The van der Waals surface area contributed by atoms with Crippen molar-refractivity contribution in [2.75, 3.05) is 7.05 Å². The van der Waals surface area contributed by atoms with Gasteiger partial charge in [0.15, 0.2) is 0 Å². The quantitative estimate of drug-likeness (QED) is 0.807. The number of nitrogens with zero attached hydrogens (tertiary/aromatic N) is 1. The van der Waals surface area contributed by atoms with Crippen LogP contribution in [-0.4, -0.2) is 23.7 Å². The van der Waals surface area contributed by atoms with E-state index in [4.69, 9.17) is 4.74 Å². The van der Waals surface area contributed by atoms with Crippen LogP contribution in [0.2, 0.25) is 0 Å². The van der Waals surface area contributed by atoms with Crippen LogP contribution in [0.5, 0.6) is 0 Å². The van der Waals surface area contributed by atoms with Crippen LogP contribution in [0.1, 0.15) is 49.3 Å². The maximum absolute atomic E-state index is 6.88. The molecular formula is C21H25NO. The van der Waals surface area contributed by atoms with Gasteiger partial charge in [-0.05, 0) is 50.3 Å². The fourth-order valence-electron chi connectivity index (χ4n) is 4.35. The summed E-state index contributed by atoms with van der Waals surface area (Å²) in [5.41, 5.74) is 2.41. The molecule has 4 rings (SSSR count). The smallest absolute Gasteiger partial charge is 0.123 e. The summed E-state index contributed by atoms with van der Waals surface area (Å²) in [6, 6.07) is 22.0.